The molecule has 2 N–H and O–H groups in total. The van der Waals surface area contributed by atoms with Gasteiger partial charge in [0.05, 0.1) is 29.4 Å². The van der Waals surface area contributed by atoms with Crippen molar-refractivity contribution in [3.63, 3.8) is 0 Å². The number of rotatable bonds is 5. The van der Waals surface area contributed by atoms with E-state index < -0.39 is 18.3 Å². The molecule has 0 spiro atoms. The Morgan fingerprint density at radius 3 is 2.52 bits per heavy atom. The normalized spacial score (nSPS) is 17.4. The molecular weight excluding hydrogens is 339 g/mol. The fourth-order valence-corrected chi connectivity index (χ4v) is 2.80. The predicted molar refractivity (Wildman–Crippen MR) is 107 cm³/mol. The first-order valence-electron chi connectivity index (χ1n) is 8.86. The van der Waals surface area contributed by atoms with Crippen LogP contribution >= 0.6 is 0 Å². The number of benzene rings is 1. The van der Waals surface area contributed by atoms with Crippen LogP contribution in [0.4, 0.5) is 11.5 Å². The number of pyridine rings is 1. The maximum absolute atomic E-state index is 8.86. The molecule has 1 aromatic carbocycles. The highest BCUT2D eigenvalue weighted by atomic mass is 16.7. The van der Waals surface area contributed by atoms with Gasteiger partial charge in [0.15, 0.2) is 0 Å². The van der Waals surface area contributed by atoms with Crippen LogP contribution < -0.4 is 10.8 Å². The molecule has 138 valence electrons. The van der Waals surface area contributed by atoms with E-state index >= 15 is 0 Å². The number of hydrogen-bond donors (Lipinski definition) is 2. The highest BCUT2D eigenvalue weighted by Gasteiger charge is 2.51. The highest BCUT2D eigenvalue weighted by molar-refractivity contribution is 6.62. The molecule has 1 aliphatic heterocycles. The zero-order valence-corrected chi connectivity index (χ0v) is 16.0. The minimum absolute atomic E-state index is 0.251. The Morgan fingerprint density at radius 1 is 1.19 bits per heavy atom. The first kappa shape index (κ1) is 19.1. The third kappa shape index (κ3) is 3.87. The van der Waals surface area contributed by atoms with Gasteiger partial charge in [-0.25, -0.2) is 4.98 Å². The SMILES string of the molecule is CC1(C)OB(c2ccc(C=N)c(Nc3cccc(CC#N)n3)c2)OC1(C)C. The van der Waals surface area contributed by atoms with E-state index in [1.54, 1.807) is 0 Å². The first-order chi connectivity index (χ1) is 12.8. The Hall–Kier alpha value is -2.69. The third-order valence-electron chi connectivity index (χ3n) is 5.09. The van der Waals surface area contributed by atoms with Crippen LogP contribution in [0.25, 0.3) is 0 Å². The van der Waals surface area contributed by atoms with E-state index in [2.05, 4.69) is 16.4 Å². The molecule has 0 atom stereocenters. The van der Waals surface area contributed by atoms with Crippen LogP contribution in [-0.4, -0.2) is 29.5 Å². The van der Waals surface area contributed by atoms with Gasteiger partial charge in [0.1, 0.15) is 5.82 Å². The van der Waals surface area contributed by atoms with Gasteiger partial charge in [0, 0.05) is 17.5 Å². The van der Waals surface area contributed by atoms with E-state index in [9.17, 15) is 0 Å². The number of aromatic nitrogens is 1. The molecule has 3 rings (SSSR count). The third-order valence-corrected chi connectivity index (χ3v) is 5.09. The summed E-state index contributed by atoms with van der Waals surface area (Å²) in [6, 6.07) is 13.3. The summed E-state index contributed by atoms with van der Waals surface area (Å²) in [5, 5.41) is 19.8. The van der Waals surface area contributed by atoms with Gasteiger partial charge < -0.3 is 20.0 Å². The van der Waals surface area contributed by atoms with E-state index in [0.29, 0.717) is 11.5 Å². The van der Waals surface area contributed by atoms with Crippen LogP contribution in [0.15, 0.2) is 36.4 Å². The van der Waals surface area contributed by atoms with Crippen LogP contribution in [-0.2, 0) is 15.7 Å². The zero-order chi connectivity index (χ0) is 19.7. The second kappa shape index (κ2) is 7.14. The minimum atomic E-state index is -0.479. The molecule has 0 radical (unpaired) electrons. The first-order valence-corrected chi connectivity index (χ1v) is 8.86. The van der Waals surface area contributed by atoms with E-state index in [1.807, 2.05) is 64.1 Å². The number of nitrogens with zero attached hydrogens (tertiary/aromatic N) is 2. The standard InChI is InChI=1S/C20H23BN4O2/c1-19(2)20(3,4)27-21(26-19)15-9-8-14(13-23)17(12-15)25-18-7-5-6-16(24-18)10-11-22/h5-9,12-13,23H,10H2,1-4H3,(H,24,25). The fourth-order valence-electron chi connectivity index (χ4n) is 2.80. The average molecular weight is 362 g/mol. The van der Waals surface area contributed by atoms with Gasteiger partial charge in [0.2, 0.25) is 0 Å². The van der Waals surface area contributed by atoms with Crippen LogP contribution in [0.5, 0.6) is 0 Å². The molecule has 0 unspecified atom stereocenters. The monoisotopic (exact) mass is 362 g/mol. The highest BCUT2D eigenvalue weighted by Crippen LogP contribution is 2.36. The Bertz CT molecular complexity index is 889. The molecule has 0 bridgehead atoms. The fraction of sp³-hybridized carbons (Fsp3) is 0.350. The molecule has 1 fully saturated rings. The molecule has 27 heavy (non-hydrogen) atoms. The lowest BCUT2D eigenvalue weighted by molar-refractivity contribution is 0.00578. The summed E-state index contributed by atoms with van der Waals surface area (Å²) in [4.78, 5) is 4.44. The quantitative estimate of drug-likeness (QED) is 0.630. The van der Waals surface area contributed by atoms with Crippen molar-refractivity contribution in [2.45, 2.75) is 45.3 Å². The van der Waals surface area contributed by atoms with Gasteiger partial charge in [-0.2, -0.15) is 5.26 Å². The minimum Gasteiger partial charge on any atom is -0.399 e. The summed E-state index contributed by atoms with van der Waals surface area (Å²) in [6.07, 6.45) is 1.54. The van der Waals surface area contributed by atoms with E-state index in [0.717, 1.165) is 16.7 Å². The van der Waals surface area contributed by atoms with Gasteiger partial charge in [0.25, 0.3) is 0 Å². The van der Waals surface area contributed by atoms with Gasteiger partial charge in [-0.05, 0) is 51.4 Å². The molecule has 2 heterocycles. The molecule has 0 saturated carbocycles. The zero-order valence-electron chi connectivity index (χ0n) is 16.0. The lowest BCUT2D eigenvalue weighted by atomic mass is 9.78. The summed E-state index contributed by atoms with van der Waals surface area (Å²) >= 11 is 0. The summed E-state index contributed by atoms with van der Waals surface area (Å²) in [7, 11) is -0.479. The summed E-state index contributed by atoms with van der Waals surface area (Å²) in [6.45, 7) is 8.07. The molecule has 1 aliphatic rings. The van der Waals surface area contributed by atoms with Crippen molar-refractivity contribution in [3.05, 3.63) is 47.7 Å². The average Bonchev–Trinajstić information content (AvgIpc) is 2.83. The number of nitrogens with one attached hydrogen (secondary N) is 2. The van der Waals surface area contributed by atoms with Crippen LogP contribution in [0.2, 0.25) is 0 Å². The van der Waals surface area contributed by atoms with Gasteiger partial charge in [-0.3, -0.25) is 0 Å². The molecule has 1 aromatic heterocycles. The van der Waals surface area contributed by atoms with Gasteiger partial charge in [-0.15, -0.1) is 0 Å². The maximum atomic E-state index is 8.86. The Morgan fingerprint density at radius 2 is 1.89 bits per heavy atom. The summed E-state index contributed by atoms with van der Waals surface area (Å²) in [5.41, 5.74) is 2.19. The maximum Gasteiger partial charge on any atom is 0.494 e. The lowest BCUT2D eigenvalue weighted by Gasteiger charge is -2.32. The van der Waals surface area contributed by atoms with Crippen LogP contribution in [0.3, 0.4) is 0 Å². The lowest BCUT2D eigenvalue weighted by Crippen LogP contribution is -2.41. The largest absolute Gasteiger partial charge is 0.494 e. The Kier molecular flexibility index (Phi) is 5.05. The molecule has 0 aliphatic carbocycles. The van der Waals surface area contributed by atoms with Crippen molar-refractivity contribution in [2.24, 2.45) is 0 Å². The second-order valence-corrected chi connectivity index (χ2v) is 7.55. The van der Waals surface area contributed by atoms with Crippen molar-refractivity contribution in [1.29, 1.82) is 10.7 Å². The van der Waals surface area contributed by atoms with E-state index in [1.165, 1.54) is 6.21 Å². The van der Waals surface area contributed by atoms with Crippen molar-refractivity contribution in [3.8, 4) is 6.07 Å². The topological polar surface area (TPSA) is 91.0 Å². The van der Waals surface area contributed by atoms with Gasteiger partial charge in [-0.1, -0.05) is 18.2 Å². The van der Waals surface area contributed by atoms with E-state index in [-0.39, 0.29) is 6.42 Å². The summed E-state index contributed by atoms with van der Waals surface area (Å²) in [5.74, 6) is 0.622. The van der Waals surface area contributed by atoms with Crippen LogP contribution in [0, 0.1) is 16.7 Å². The smallest absolute Gasteiger partial charge is 0.399 e. The van der Waals surface area contributed by atoms with Crippen molar-refractivity contribution in [2.75, 3.05) is 5.32 Å². The van der Waals surface area contributed by atoms with Crippen molar-refractivity contribution < 1.29 is 9.31 Å². The summed E-state index contributed by atoms with van der Waals surface area (Å²) < 4.78 is 12.2. The van der Waals surface area contributed by atoms with Crippen molar-refractivity contribution in [1.82, 2.24) is 4.98 Å². The van der Waals surface area contributed by atoms with Gasteiger partial charge >= 0.3 is 7.12 Å². The second-order valence-electron chi connectivity index (χ2n) is 7.55. The number of anilines is 2. The Labute approximate surface area is 160 Å². The number of hydrogen-bond acceptors (Lipinski definition) is 6. The van der Waals surface area contributed by atoms with E-state index in [4.69, 9.17) is 20.0 Å². The molecular formula is C20H23BN4O2. The Balaban J connectivity index is 1.90. The van der Waals surface area contributed by atoms with Crippen LogP contribution in [0.1, 0.15) is 39.0 Å². The molecule has 6 nitrogen and oxygen atoms in total. The molecule has 1 saturated heterocycles. The molecule has 2 aromatic rings. The number of nitriles is 1. The molecule has 0 amide bonds. The molecule has 7 heteroatoms. The van der Waals surface area contributed by atoms with Crippen molar-refractivity contribution >= 4 is 30.3 Å². The predicted octanol–water partition coefficient (Wildman–Crippen LogP) is 3.19.